The number of halogens is 2. The minimum Gasteiger partial charge on any atom is -0.434 e. The van der Waals surface area contributed by atoms with Crippen molar-refractivity contribution in [2.24, 2.45) is 0 Å². The summed E-state index contributed by atoms with van der Waals surface area (Å²) in [6, 6.07) is 4.63. The van der Waals surface area contributed by atoms with E-state index in [9.17, 15) is 4.39 Å². The van der Waals surface area contributed by atoms with Crippen LogP contribution in [0.2, 0.25) is 0 Å². The highest BCUT2D eigenvalue weighted by Crippen LogP contribution is 2.23. The first-order valence-corrected chi connectivity index (χ1v) is 5.53. The summed E-state index contributed by atoms with van der Waals surface area (Å²) in [4.78, 5) is 7.98. The molecule has 0 aliphatic rings. The van der Waals surface area contributed by atoms with Crippen molar-refractivity contribution in [2.45, 2.75) is 12.8 Å². The van der Waals surface area contributed by atoms with Crippen LogP contribution < -0.4 is 4.74 Å². The Balaban J connectivity index is 2.22. The smallest absolute Gasteiger partial charge is 0.237 e. The Labute approximate surface area is 103 Å². The molecule has 17 heavy (non-hydrogen) atoms. The van der Waals surface area contributed by atoms with Crippen LogP contribution in [0, 0.1) is 12.7 Å². The van der Waals surface area contributed by atoms with E-state index < -0.39 is 5.82 Å². The zero-order valence-electron chi connectivity index (χ0n) is 9.15. The average Bonchev–Trinajstić information content (AvgIpc) is 2.35. The second-order valence-electron chi connectivity index (χ2n) is 3.52. The van der Waals surface area contributed by atoms with Crippen molar-refractivity contribution in [3.8, 4) is 11.6 Å². The molecule has 2 rings (SSSR count). The summed E-state index contributed by atoms with van der Waals surface area (Å²) in [5, 5.41) is 0. The summed E-state index contributed by atoms with van der Waals surface area (Å²) in [5.41, 5.74) is 1.55. The van der Waals surface area contributed by atoms with Crippen LogP contribution >= 0.6 is 11.6 Å². The second kappa shape index (κ2) is 5.10. The molecule has 0 aliphatic heterocycles. The monoisotopic (exact) mass is 252 g/mol. The van der Waals surface area contributed by atoms with Crippen molar-refractivity contribution < 1.29 is 9.13 Å². The van der Waals surface area contributed by atoms with Gasteiger partial charge in [0.05, 0.1) is 24.0 Å². The molecule has 3 nitrogen and oxygen atoms in total. The summed E-state index contributed by atoms with van der Waals surface area (Å²) in [6.07, 6.45) is 2.91. The first-order chi connectivity index (χ1) is 8.19. The number of alkyl halides is 1. The number of hydrogen-bond donors (Lipinski definition) is 0. The van der Waals surface area contributed by atoms with E-state index in [2.05, 4.69) is 9.97 Å². The van der Waals surface area contributed by atoms with Crippen molar-refractivity contribution in [1.29, 1.82) is 0 Å². The molecule has 0 saturated heterocycles. The van der Waals surface area contributed by atoms with Crippen LogP contribution in [0.1, 0.15) is 11.3 Å². The zero-order valence-corrected chi connectivity index (χ0v) is 9.91. The lowest BCUT2D eigenvalue weighted by molar-refractivity contribution is 0.424. The predicted molar refractivity (Wildman–Crippen MR) is 62.8 cm³/mol. The number of aryl methyl sites for hydroxylation is 1. The number of benzene rings is 1. The van der Waals surface area contributed by atoms with Crippen molar-refractivity contribution in [3.63, 3.8) is 0 Å². The Morgan fingerprint density at radius 2 is 2.12 bits per heavy atom. The minimum atomic E-state index is -0.432. The number of nitrogens with zero attached hydrogens (tertiary/aromatic N) is 2. The van der Waals surface area contributed by atoms with Gasteiger partial charge in [-0.15, -0.1) is 11.6 Å². The standard InChI is InChI=1S/C12H10ClFN2O/c1-8-2-3-10(14)11(4-8)17-12-7-15-9(5-13)6-16-12/h2-4,6-7H,5H2,1H3. The van der Waals surface area contributed by atoms with Gasteiger partial charge in [-0.25, -0.2) is 9.37 Å². The first kappa shape index (κ1) is 11.8. The molecule has 5 heteroatoms. The molecule has 0 atom stereocenters. The highest BCUT2D eigenvalue weighted by atomic mass is 35.5. The van der Waals surface area contributed by atoms with Crippen LogP contribution in [-0.4, -0.2) is 9.97 Å². The lowest BCUT2D eigenvalue weighted by Gasteiger charge is -2.06. The van der Waals surface area contributed by atoms with Crippen LogP contribution in [-0.2, 0) is 5.88 Å². The van der Waals surface area contributed by atoms with Crippen LogP contribution in [0.3, 0.4) is 0 Å². The van der Waals surface area contributed by atoms with Crippen molar-refractivity contribution in [3.05, 3.63) is 47.7 Å². The normalized spacial score (nSPS) is 10.3. The zero-order chi connectivity index (χ0) is 12.3. The third-order valence-electron chi connectivity index (χ3n) is 2.12. The summed E-state index contributed by atoms with van der Waals surface area (Å²) in [7, 11) is 0. The van der Waals surface area contributed by atoms with Gasteiger partial charge in [0.15, 0.2) is 11.6 Å². The molecular weight excluding hydrogens is 243 g/mol. The fourth-order valence-electron chi connectivity index (χ4n) is 1.27. The van der Waals surface area contributed by atoms with E-state index in [0.717, 1.165) is 5.56 Å². The van der Waals surface area contributed by atoms with E-state index in [1.807, 2.05) is 6.92 Å². The van der Waals surface area contributed by atoms with Gasteiger partial charge in [0.2, 0.25) is 5.88 Å². The molecule has 1 heterocycles. The molecular formula is C12H10ClFN2O. The third-order valence-corrected chi connectivity index (χ3v) is 2.39. The molecule has 0 spiro atoms. The second-order valence-corrected chi connectivity index (χ2v) is 3.78. The molecule has 0 amide bonds. The highest BCUT2D eigenvalue weighted by Gasteiger charge is 2.06. The Kier molecular flexibility index (Phi) is 3.54. The molecule has 0 aliphatic carbocycles. The van der Waals surface area contributed by atoms with Gasteiger partial charge in [0, 0.05) is 0 Å². The van der Waals surface area contributed by atoms with Crippen LogP contribution in [0.5, 0.6) is 11.6 Å². The van der Waals surface area contributed by atoms with Crippen LogP contribution in [0.15, 0.2) is 30.6 Å². The molecule has 0 unspecified atom stereocenters. The van der Waals surface area contributed by atoms with Gasteiger partial charge < -0.3 is 4.74 Å². The average molecular weight is 253 g/mol. The van der Waals surface area contributed by atoms with E-state index >= 15 is 0 Å². The minimum absolute atomic E-state index is 0.137. The van der Waals surface area contributed by atoms with Gasteiger partial charge in [-0.05, 0) is 24.6 Å². The molecule has 0 fully saturated rings. The summed E-state index contributed by atoms with van der Waals surface area (Å²) >= 11 is 5.58. The Bertz CT molecular complexity index is 516. The molecule has 0 radical (unpaired) electrons. The van der Waals surface area contributed by atoms with Crippen LogP contribution in [0.4, 0.5) is 4.39 Å². The topological polar surface area (TPSA) is 35.0 Å². The number of rotatable bonds is 3. The molecule has 1 aromatic carbocycles. The van der Waals surface area contributed by atoms with E-state index in [4.69, 9.17) is 16.3 Å². The third kappa shape index (κ3) is 2.91. The van der Waals surface area contributed by atoms with Gasteiger partial charge >= 0.3 is 0 Å². The molecule has 0 saturated carbocycles. The molecule has 1 aromatic heterocycles. The largest absolute Gasteiger partial charge is 0.434 e. The maximum Gasteiger partial charge on any atom is 0.237 e. The molecule has 2 aromatic rings. The molecule has 0 bridgehead atoms. The Morgan fingerprint density at radius 3 is 2.76 bits per heavy atom. The maximum absolute atomic E-state index is 13.4. The van der Waals surface area contributed by atoms with Gasteiger partial charge in [-0.2, -0.15) is 0 Å². The predicted octanol–water partition coefficient (Wildman–Crippen LogP) is 3.46. The van der Waals surface area contributed by atoms with Gasteiger partial charge in [0.25, 0.3) is 0 Å². The lowest BCUT2D eigenvalue weighted by atomic mass is 10.2. The van der Waals surface area contributed by atoms with E-state index in [1.54, 1.807) is 12.1 Å². The fourth-order valence-corrected chi connectivity index (χ4v) is 1.40. The van der Waals surface area contributed by atoms with E-state index in [0.29, 0.717) is 5.69 Å². The highest BCUT2D eigenvalue weighted by molar-refractivity contribution is 6.16. The Hall–Kier alpha value is -1.68. The number of hydrogen-bond acceptors (Lipinski definition) is 3. The van der Waals surface area contributed by atoms with E-state index in [1.165, 1.54) is 18.5 Å². The summed E-state index contributed by atoms with van der Waals surface area (Å²) in [6.45, 7) is 1.86. The molecule has 0 N–H and O–H groups in total. The molecule has 88 valence electrons. The van der Waals surface area contributed by atoms with Crippen LogP contribution in [0.25, 0.3) is 0 Å². The maximum atomic E-state index is 13.4. The fraction of sp³-hybridized carbons (Fsp3) is 0.167. The number of aromatic nitrogens is 2. The number of ether oxygens (including phenoxy) is 1. The van der Waals surface area contributed by atoms with Gasteiger partial charge in [-0.3, -0.25) is 4.98 Å². The SMILES string of the molecule is Cc1ccc(F)c(Oc2cnc(CCl)cn2)c1. The van der Waals surface area contributed by atoms with Crippen molar-refractivity contribution >= 4 is 11.6 Å². The van der Waals surface area contributed by atoms with Crippen molar-refractivity contribution in [1.82, 2.24) is 9.97 Å². The Morgan fingerprint density at radius 1 is 1.29 bits per heavy atom. The quantitative estimate of drug-likeness (QED) is 0.785. The lowest BCUT2D eigenvalue weighted by Crippen LogP contribution is -1.94. The van der Waals surface area contributed by atoms with Gasteiger partial charge in [-0.1, -0.05) is 6.07 Å². The first-order valence-electron chi connectivity index (χ1n) is 5.00. The summed E-state index contributed by atoms with van der Waals surface area (Å²) in [5.74, 6) is 0.228. The summed E-state index contributed by atoms with van der Waals surface area (Å²) < 4.78 is 18.7. The van der Waals surface area contributed by atoms with Gasteiger partial charge in [0.1, 0.15) is 0 Å². The van der Waals surface area contributed by atoms with E-state index in [-0.39, 0.29) is 17.5 Å². The van der Waals surface area contributed by atoms with Crippen molar-refractivity contribution in [2.75, 3.05) is 0 Å².